The second-order valence-corrected chi connectivity index (χ2v) is 8.88. The van der Waals surface area contributed by atoms with Gasteiger partial charge in [-0.25, -0.2) is 0 Å². The van der Waals surface area contributed by atoms with Crippen molar-refractivity contribution in [3.05, 3.63) is 93.4 Å². The number of hydrogen-bond acceptors (Lipinski definition) is 5. The van der Waals surface area contributed by atoms with Gasteiger partial charge in [0, 0.05) is 56.5 Å². The maximum absolute atomic E-state index is 13.4. The van der Waals surface area contributed by atoms with E-state index in [0.717, 1.165) is 30.9 Å². The summed E-state index contributed by atoms with van der Waals surface area (Å²) in [5.74, 6) is 1.13. The number of nitrogens with zero attached hydrogens (tertiary/aromatic N) is 2. The number of para-hydroxylation sites is 1. The maximum Gasteiger partial charge on any atom is 0.257 e. The third-order valence-electron chi connectivity index (χ3n) is 6.67. The van der Waals surface area contributed by atoms with E-state index >= 15 is 0 Å². The number of methoxy groups -OCH3 is 2. The molecule has 2 aromatic carbocycles. The summed E-state index contributed by atoms with van der Waals surface area (Å²) in [7, 11) is 3.10. The van der Waals surface area contributed by atoms with Crippen molar-refractivity contribution in [3.8, 4) is 11.5 Å². The van der Waals surface area contributed by atoms with Crippen LogP contribution in [0.25, 0.3) is 0 Å². The highest BCUT2D eigenvalue weighted by Crippen LogP contribution is 2.25. The van der Waals surface area contributed by atoms with E-state index < -0.39 is 0 Å². The number of ether oxygens (including phenoxy) is 2. The Labute approximate surface area is 206 Å². The molecule has 1 aliphatic heterocycles. The molecule has 4 rings (SSSR count). The lowest BCUT2D eigenvalue weighted by molar-refractivity contribution is 0.0945. The third-order valence-corrected chi connectivity index (χ3v) is 6.67. The molecule has 0 bridgehead atoms. The Kier molecular flexibility index (Phi) is 7.87. The monoisotopic (exact) mass is 475 g/mol. The van der Waals surface area contributed by atoms with Crippen molar-refractivity contribution in [2.24, 2.45) is 0 Å². The van der Waals surface area contributed by atoms with Crippen LogP contribution in [0.15, 0.2) is 65.5 Å². The smallest absolute Gasteiger partial charge is 0.257 e. The number of hydrogen-bond donors (Lipinski definition) is 1. The lowest BCUT2D eigenvalue weighted by Gasteiger charge is -2.24. The SMILES string of the molecule is COc1ccccc1CNC(=O)c1c(OC)cc(=O)n2c1CCN(C[C@@H](C)c1ccccc1)CC2. The number of carbonyl (C=O) groups excluding carboxylic acids is 1. The van der Waals surface area contributed by atoms with Crippen LogP contribution in [0.5, 0.6) is 11.5 Å². The summed E-state index contributed by atoms with van der Waals surface area (Å²) in [6.07, 6.45) is 0.589. The molecule has 3 aromatic rings. The number of fused-ring (bicyclic) bond motifs is 1. The number of aromatic nitrogens is 1. The largest absolute Gasteiger partial charge is 0.496 e. The predicted molar refractivity (Wildman–Crippen MR) is 136 cm³/mol. The molecule has 0 radical (unpaired) electrons. The number of pyridine rings is 1. The highest BCUT2D eigenvalue weighted by Gasteiger charge is 2.26. The van der Waals surface area contributed by atoms with E-state index in [1.807, 2.05) is 30.3 Å². The van der Waals surface area contributed by atoms with Crippen LogP contribution in [-0.2, 0) is 19.5 Å². The first-order valence-electron chi connectivity index (χ1n) is 12.0. The van der Waals surface area contributed by atoms with Gasteiger partial charge in [-0.05, 0) is 17.5 Å². The predicted octanol–water partition coefficient (Wildman–Crippen LogP) is 3.46. The van der Waals surface area contributed by atoms with Gasteiger partial charge in [0.25, 0.3) is 11.5 Å². The molecule has 0 unspecified atom stereocenters. The number of nitrogens with one attached hydrogen (secondary N) is 1. The molecule has 0 saturated heterocycles. The van der Waals surface area contributed by atoms with Gasteiger partial charge in [0.05, 0.1) is 14.2 Å². The fraction of sp³-hybridized carbons (Fsp3) is 0.357. The van der Waals surface area contributed by atoms with Gasteiger partial charge in [-0.2, -0.15) is 0 Å². The molecule has 1 atom stereocenters. The molecule has 184 valence electrons. The van der Waals surface area contributed by atoms with Crippen LogP contribution in [-0.4, -0.2) is 49.2 Å². The van der Waals surface area contributed by atoms with Gasteiger partial charge in [-0.1, -0.05) is 55.5 Å². The quantitative estimate of drug-likeness (QED) is 0.540. The molecule has 0 saturated carbocycles. The zero-order chi connectivity index (χ0) is 24.8. The second-order valence-electron chi connectivity index (χ2n) is 8.88. The molecular formula is C28H33N3O4. The molecule has 0 spiro atoms. The Hall–Kier alpha value is -3.58. The van der Waals surface area contributed by atoms with E-state index in [1.165, 1.54) is 18.7 Å². The summed E-state index contributed by atoms with van der Waals surface area (Å²) in [5, 5.41) is 2.99. The highest BCUT2D eigenvalue weighted by atomic mass is 16.5. The Balaban J connectivity index is 1.55. The van der Waals surface area contributed by atoms with Crippen molar-refractivity contribution in [2.75, 3.05) is 33.9 Å². The van der Waals surface area contributed by atoms with Crippen LogP contribution in [0.4, 0.5) is 0 Å². The number of carbonyl (C=O) groups is 1. The van der Waals surface area contributed by atoms with Crippen molar-refractivity contribution >= 4 is 5.91 Å². The Morgan fingerprint density at radius 1 is 0.971 bits per heavy atom. The zero-order valence-corrected chi connectivity index (χ0v) is 20.6. The lowest BCUT2D eigenvalue weighted by Crippen LogP contribution is -2.32. The average molecular weight is 476 g/mol. The van der Waals surface area contributed by atoms with Crippen molar-refractivity contribution in [1.29, 1.82) is 0 Å². The molecule has 7 heteroatoms. The van der Waals surface area contributed by atoms with Crippen LogP contribution in [0.3, 0.4) is 0 Å². The first-order chi connectivity index (χ1) is 17.0. The van der Waals surface area contributed by atoms with Crippen LogP contribution >= 0.6 is 0 Å². The molecule has 0 fully saturated rings. The Morgan fingerprint density at radius 3 is 2.43 bits per heavy atom. The molecule has 7 nitrogen and oxygen atoms in total. The lowest BCUT2D eigenvalue weighted by atomic mass is 10.0. The first kappa shape index (κ1) is 24.5. The van der Waals surface area contributed by atoms with E-state index in [1.54, 1.807) is 11.7 Å². The van der Waals surface area contributed by atoms with Crippen molar-refractivity contribution in [1.82, 2.24) is 14.8 Å². The summed E-state index contributed by atoms with van der Waals surface area (Å²) >= 11 is 0. The van der Waals surface area contributed by atoms with Gasteiger partial charge < -0.3 is 24.3 Å². The molecule has 0 aliphatic carbocycles. The van der Waals surface area contributed by atoms with Crippen molar-refractivity contribution < 1.29 is 14.3 Å². The minimum atomic E-state index is -0.261. The normalized spacial score (nSPS) is 14.5. The van der Waals surface area contributed by atoms with E-state index in [-0.39, 0.29) is 11.5 Å². The minimum Gasteiger partial charge on any atom is -0.496 e. The first-order valence-corrected chi connectivity index (χ1v) is 12.0. The highest BCUT2D eigenvalue weighted by molar-refractivity contribution is 5.98. The van der Waals surface area contributed by atoms with Gasteiger partial charge >= 0.3 is 0 Å². The number of amides is 1. The van der Waals surface area contributed by atoms with Crippen LogP contribution < -0.4 is 20.3 Å². The third kappa shape index (κ3) is 5.57. The average Bonchev–Trinajstić information content (AvgIpc) is 3.10. The summed E-state index contributed by atoms with van der Waals surface area (Å²) in [6.45, 7) is 5.46. The van der Waals surface area contributed by atoms with Crippen LogP contribution in [0.1, 0.15) is 40.0 Å². The summed E-state index contributed by atoms with van der Waals surface area (Å²) < 4.78 is 12.6. The van der Waals surface area contributed by atoms with Gasteiger partial charge in [-0.3, -0.25) is 9.59 Å². The van der Waals surface area contributed by atoms with Gasteiger partial charge in [0.15, 0.2) is 0 Å². The molecule has 1 N–H and O–H groups in total. The van der Waals surface area contributed by atoms with Crippen LogP contribution in [0.2, 0.25) is 0 Å². The maximum atomic E-state index is 13.4. The molecule has 2 heterocycles. The Bertz CT molecular complexity index is 1220. The van der Waals surface area contributed by atoms with E-state index in [9.17, 15) is 9.59 Å². The minimum absolute atomic E-state index is 0.143. The molecule has 1 aromatic heterocycles. The summed E-state index contributed by atoms with van der Waals surface area (Å²) in [4.78, 5) is 28.6. The van der Waals surface area contributed by atoms with Crippen LogP contribution in [0, 0.1) is 0 Å². The van der Waals surface area contributed by atoms with E-state index in [2.05, 4.69) is 41.4 Å². The Morgan fingerprint density at radius 2 is 1.69 bits per heavy atom. The van der Waals surface area contributed by atoms with Gasteiger partial charge in [-0.15, -0.1) is 0 Å². The molecule has 1 aliphatic rings. The standard InChI is InChI=1S/C28H33N3O4/c1-20(21-9-5-4-6-10-21)19-30-14-13-23-27(25(35-3)17-26(32)31(23)16-15-30)28(33)29-18-22-11-7-8-12-24(22)34-2/h4-12,17,20H,13-16,18-19H2,1-3H3,(H,29,33)/t20-/m1/s1. The fourth-order valence-electron chi connectivity index (χ4n) is 4.77. The summed E-state index contributed by atoms with van der Waals surface area (Å²) in [6, 6.07) is 19.4. The van der Waals surface area contributed by atoms with Gasteiger partial charge in [0.2, 0.25) is 0 Å². The summed E-state index contributed by atoms with van der Waals surface area (Å²) in [5.41, 5.74) is 3.19. The second kappa shape index (κ2) is 11.2. The van der Waals surface area contributed by atoms with E-state index in [0.29, 0.717) is 42.5 Å². The zero-order valence-electron chi connectivity index (χ0n) is 20.6. The van der Waals surface area contributed by atoms with Gasteiger partial charge in [0.1, 0.15) is 17.1 Å². The molecule has 1 amide bonds. The number of benzene rings is 2. The fourth-order valence-corrected chi connectivity index (χ4v) is 4.77. The topological polar surface area (TPSA) is 72.8 Å². The molecule has 35 heavy (non-hydrogen) atoms. The van der Waals surface area contributed by atoms with Crippen molar-refractivity contribution in [2.45, 2.75) is 32.4 Å². The van der Waals surface area contributed by atoms with E-state index in [4.69, 9.17) is 9.47 Å². The van der Waals surface area contributed by atoms with Crippen molar-refractivity contribution in [3.63, 3.8) is 0 Å². The number of rotatable bonds is 8. The molecular weight excluding hydrogens is 442 g/mol.